The fraction of sp³-hybridized carbons (Fsp3) is 0.579. The molecule has 1 heterocycles. The number of nitrogens with one attached hydrogen (secondary N) is 4. The van der Waals surface area contributed by atoms with E-state index < -0.39 is 40.1 Å². The highest BCUT2D eigenvalue weighted by Gasteiger charge is 2.24. The molecule has 2 fully saturated rings. The summed E-state index contributed by atoms with van der Waals surface area (Å²) in [5.74, 6) is -0.0451. The smallest absolute Gasteiger partial charge is 0.324 e. The summed E-state index contributed by atoms with van der Waals surface area (Å²) in [6, 6.07) is 2.51. The molecule has 3 rings (SSSR count). The molecule has 1 saturated carbocycles. The molecule has 0 radical (unpaired) electrons. The molecule has 172 valence electrons. The standard InChI is InChI=1S/C19H27FN4O6S/c1-12(14-5-6-15(20)16(9-14)30-10-13-3-4-13)24-31(27,28)8-2-7-29-11-17-21-18(25)23-19(26)22-17/h5-6,9,12-13,17,24H,2-4,7-8,10-11H2,1H3,(H3,21,22,23,25,26)/t12-/m1/s1. The molecular weight excluding hydrogens is 431 g/mol. The summed E-state index contributed by atoms with van der Waals surface area (Å²) >= 11 is 0. The number of carbonyl (C=O) groups is 2. The molecule has 1 atom stereocenters. The van der Waals surface area contributed by atoms with E-state index in [1.54, 1.807) is 6.92 Å². The van der Waals surface area contributed by atoms with E-state index in [0.717, 1.165) is 12.8 Å². The highest BCUT2D eigenvalue weighted by Crippen LogP contribution is 2.31. The van der Waals surface area contributed by atoms with Crippen molar-refractivity contribution >= 4 is 22.1 Å². The Hall–Kier alpha value is -2.44. The lowest BCUT2D eigenvalue weighted by Gasteiger charge is -2.24. The van der Waals surface area contributed by atoms with Crippen LogP contribution in [-0.4, -0.2) is 52.2 Å². The highest BCUT2D eigenvalue weighted by molar-refractivity contribution is 7.89. The van der Waals surface area contributed by atoms with Crippen LogP contribution in [0, 0.1) is 11.7 Å². The van der Waals surface area contributed by atoms with Crippen molar-refractivity contribution in [3.05, 3.63) is 29.6 Å². The molecule has 1 aromatic carbocycles. The summed E-state index contributed by atoms with van der Waals surface area (Å²) in [4.78, 5) is 22.4. The zero-order valence-electron chi connectivity index (χ0n) is 17.1. The van der Waals surface area contributed by atoms with E-state index in [-0.39, 0.29) is 31.1 Å². The van der Waals surface area contributed by atoms with Crippen molar-refractivity contribution in [2.75, 3.05) is 25.6 Å². The lowest BCUT2D eigenvalue weighted by molar-refractivity contribution is 0.103. The number of halogens is 1. The first-order valence-electron chi connectivity index (χ1n) is 10.1. The monoisotopic (exact) mass is 458 g/mol. The lowest BCUT2D eigenvalue weighted by Crippen LogP contribution is -2.63. The van der Waals surface area contributed by atoms with Crippen molar-refractivity contribution in [2.45, 2.75) is 38.4 Å². The molecule has 4 N–H and O–H groups in total. The average Bonchev–Trinajstić information content (AvgIpc) is 3.50. The minimum atomic E-state index is -3.60. The van der Waals surface area contributed by atoms with Gasteiger partial charge in [-0.2, -0.15) is 0 Å². The summed E-state index contributed by atoms with van der Waals surface area (Å²) in [7, 11) is -3.60. The second-order valence-electron chi connectivity index (χ2n) is 7.66. The predicted molar refractivity (Wildman–Crippen MR) is 109 cm³/mol. The van der Waals surface area contributed by atoms with Crippen molar-refractivity contribution in [2.24, 2.45) is 5.92 Å². The van der Waals surface area contributed by atoms with E-state index in [9.17, 15) is 22.4 Å². The number of benzene rings is 1. The van der Waals surface area contributed by atoms with Gasteiger partial charge in [-0.05, 0) is 49.8 Å². The quantitative estimate of drug-likeness (QED) is 0.349. The maximum absolute atomic E-state index is 13.9. The molecule has 10 nitrogen and oxygen atoms in total. The highest BCUT2D eigenvalue weighted by atomic mass is 32.2. The van der Waals surface area contributed by atoms with Crippen LogP contribution >= 0.6 is 0 Å². The maximum atomic E-state index is 13.9. The van der Waals surface area contributed by atoms with Crippen LogP contribution in [0.2, 0.25) is 0 Å². The normalized spacial score (nSPS) is 18.1. The number of urea groups is 2. The van der Waals surface area contributed by atoms with Gasteiger partial charge in [0.05, 0.1) is 19.0 Å². The van der Waals surface area contributed by atoms with E-state index in [0.29, 0.717) is 18.1 Å². The van der Waals surface area contributed by atoms with E-state index in [2.05, 4.69) is 15.4 Å². The number of sulfonamides is 1. The second-order valence-corrected chi connectivity index (χ2v) is 9.53. The first-order valence-corrected chi connectivity index (χ1v) is 11.7. The molecule has 4 amide bonds. The van der Waals surface area contributed by atoms with Gasteiger partial charge in [-0.15, -0.1) is 0 Å². The zero-order chi connectivity index (χ0) is 22.4. The Morgan fingerprint density at radius 3 is 2.58 bits per heavy atom. The molecule has 0 aromatic heterocycles. The second kappa shape index (κ2) is 10.2. The molecule has 0 spiro atoms. The number of amides is 4. The third-order valence-corrected chi connectivity index (χ3v) is 6.35. The van der Waals surface area contributed by atoms with Crippen LogP contribution in [0.1, 0.15) is 37.8 Å². The first-order chi connectivity index (χ1) is 14.7. The van der Waals surface area contributed by atoms with Gasteiger partial charge >= 0.3 is 12.1 Å². The lowest BCUT2D eigenvalue weighted by atomic mass is 10.1. The van der Waals surface area contributed by atoms with Crippen molar-refractivity contribution in [3.63, 3.8) is 0 Å². The molecule has 1 aliphatic carbocycles. The summed E-state index contributed by atoms with van der Waals surface area (Å²) in [5, 5.41) is 6.91. The number of ether oxygens (including phenoxy) is 2. The van der Waals surface area contributed by atoms with Crippen LogP contribution in [0.4, 0.5) is 14.0 Å². The van der Waals surface area contributed by atoms with Gasteiger partial charge in [0.1, 0.15) is 6.17 Å². The maximum Gasteiger partial charge on any atom is 0.324 e. The predicted octanol–water partition coefficient (Wildman–Crippen LogP) is 1.35. The Labute approximate surface area is 180 Å². The van der Waals surface area contributed by atoms with E-state index in [4.69, 9.17) is 9.47 Å². The van der Waals surface area contributed by atoms with Gasteiger partial charge in [-0.3, -0.25) is 5.32 Å². The number of rotatable bonds is 12. The van der Waals surface area contributed by atoms with Gasteiger partial charge in [-0.1, -0.05) is 6.07 Å². The van der Waals surface area contributed by atoms with Gasteiger partial charge in [0, 0.05) is 12.6 Å². The van der Waals surface area contributed by atoms with Gasteiger partial charge < -0.3 is 20.1 Å². The minimum Gasteiger partial charge on any atom is -0.490 e. The molecule has 12 heteroatoms. The van der Waals surface area contributed by atoms with Gasteiger partial charge in [0.15, 0.2) is 11.6 Å². The Kier molecular flexibility index (Phi) is 7.68. The summed E-state index contributed by atoms with van der Waals surface area (Å²) < 4.78 is 52.0. The Morgan fingerprint density at radius 2 is 1.90 bits per heavy atom. The molecule has 31 heavy (non-hydrogen) atoms. The number of hydrogen-bond donors (Lipinski definition) is 4. The number of imide groups is 1. The Bertz CT molecular complexity index is 893. The van der Waals surface area contributed by atoms with Crippen LogP contribution in [0.25, 0.3) is 0 Å². The third kappa shape index (κ3) is 7.64. The molecule has 0 unspecified atom stereocenters. The Morgan fingerprint density at radius 1 is 1.19 bits per heavy atom. The number of carbonyl (C=O) groups excluding carboxylic acids is 2. The summed E-state index contributed by atoms with van der Waals surface area (Å²) in [6.07, 6.45) is 1.71. The SMILES string of the molecule is C[C@@H](NS(=O)(=O)CCCOCC1NC(=O)NC(=O)N1)c1ccc(F)c(OCC2CC2)c1. The summed E-state index contributed by atoms with van der Waals surface area (Å²) in [5.41, 5.74) is 0.601. The van der Waals surface area contributed by atoms with Gasteiger partial charge in [0.25, 0.3) is 0 Å². The third-order valence-electron chi connectivity index (χ3n) is 4.81. The molecule has 2 aliphatic rings. The van der Waals surface area contributed by atoms with E-state index >= 15 is 0 Å². The van der Waals surface area contributed by atoms with Crippen LogP contribution in [-0.2, 0) is 14.8 Å². The minimum absolute atomic E-state index is 0.0161. The Balaban J connectivity index is 1.40. The topological polar surface area (TPSA) is 135 Å². The van der Waals surface area contributed by atoms with Gasteiger partial charge in [0.2, 0.25) is 10.0 Å². The summed E-state index contributed by atoms with van der Waals surface area (Å²) in [6.45, 7) is 2.28. The van der Waals surface area contributed by atoms with Crippen LogP contribution in [0.5, 0.6) is 5.75 Å². The van der Waals surface area contributed by atoms with Crippen LogP contribution in [0.15, 0.2) is 18.2 Å². The number of hydrogen-bond acceptors (Lipinski definition) is 6. The zero-order valence-corrected chi connectivity index (χ0v) is 18.0. The molecule has 1 aromatic rings. The largest absolute Gasteiger partial charge is 0.490 e. The van der Waals surface area contributed by atoms with Crippen molar-refractivity contribution in [1.29, 1.82) is 0 Å². The van der Waals surface area contributed by atoms with Crippen molar-refractivity contribution < 1.29 is 31.9 Å². The van der Waals surface area contributed by atoms with E-state index in [1.807, 2.05) is 5.32 Å². The van der Waals surface area contributed by atoms with Crippen molar-refractivity contribution in [3.8, 4) is 5.75 Å². The van der Waals surface area contributed by atoms with Gasteiger partial charge in [-0.25, -0.2) is 27.1 Å². The average molecular weight is 459 g/mol. The van der Waals surface area contributed by atoms with Crippen LogP contribution < -0.4 is 25.4 Å². The fourth-order valence-electron chi connectivity index (χ4n) is 2.95. The fourth-order valence-corrected chi connectivity index (χ4v) is 4.24. The molecule has 1 aliphatic heterocycles. The van der Waals surface area contributed by atoms with Crippen LogP contribution in [0.3, 0.4) is 0 Å². The molecular formula is C19H27FN4O6S. The first kappa shape index (κ1) is 23.2. The molecule has 0 bridgehead atoms. The van der Waals surface area contributed by atoms with E-state index in [1.165, 1.54) is 18.2 Å². The van der Waals surface area contributed by atoms with Crippen molar-refractivity contribution in [1.82, 2.24) is 20.7 Å². The molecule has 1 saturated heterocycles.